The maximum atomic E-state index is 9.39. The maximum absolute atomic E-state index is 9.39. The van der Waals surface area contributed by atoms with E-state index in [2.05, 4.69) is 20.9 Å². The summed E-state index contributed by atoms with van der Waals surface area (Å²) in [6.45, 7) is 0.0202. The number of rotatable bonds is 2. The molecule has 2 heterocycles. The van der Waals surface area contributed by atoms with Gasteiger partial charge in [0.05, 0.1) is 12.3 Å². The van der Waals surface area contributed by atoms with E-state index in [1.54, 1.807) is 6.20 Å². The van der Waals surface area contributed by atoms with Gasteiger partial charge < -0.3 is 9.67 Å². The summed E-state index contributed by atoms with van der Waals surface area (Å²) in [5.41, 5.74) is 2.74. The topological polar surface area (TPSA) is 38.0 Å². The maximum Gasteiger partial charge on any atom is 0.144 e. The number of nitrogens with zero attached hydrogens (tertiary/aromatic N) is 2. The van der Waals surface area contributed by atoms with Gasteiger partial charge in [0.2, 0.25) is 0 Å². The van der Waals surface area contributed by atoms with Crippen LogP contribution in [0.4, 0.5) is 0 Å². The highest BCUT2D eigenvalue weighted by molar-refractivity contribution is 9.10. The Labute approximate surface area is 113 Å². The number of aliphatic hydroxyl groups excluding tert-OH is 1. The van der Waals surface area contributed by atoms with Crippen LogP contribution in [0.15, 0.2) is 53.3 Å². The number of para-hydroxylation sites is 1. The highest BCUT2D eigenvalue weighted by atomic mass is 79.9. The number of hydrogen-bond donors (Lipinski definition) is 1. The largest absolute Gasteiger partial charge is 0.392 e. The molecule has 0 spiro atoms. The van der Waals surface area contributed by atoms with E-state index >= 15 is 0 Å². The van der Waals surface area contributed by atoms with Gasteiger partial charge in [-0.25, -0.2) is 4.98 Å². The number of fused-ring (bicyclic) bond motifs is 1. The van der Waals surface area contributed by atoms with Crippen molar-refractivity contribution in [3.63, 3.8) is 0 Å². The molecule has 0 aliphatic heterocycles. The van der Waals surface area contributed by atoms with E-state index in [4.69, 9.17) is 0 Å². The molecule has 0 atom stereocenters. The minimum absolute atomic E-state index is 0.0202. The minimum Gasteiger partial charge on any atom is -0.392 e. The lowest BCUT2D eigenvalue weighted by Crippen LogP contribution is -1.99. The van der Waals surface area contributed by atoms with Crippen LogP contribution in [-0.4, -0.2) is 14.7 Å². The first-order valence-corrected chi connectivity index (χ1v) is 6.40. The second-order valence-corrected chi connectivity index (χ2v) is 4.95. The van der Waals surface area contributed by atoms with Gasteiger partial charge in [-0.1, -0.05) is 18.2 Å². The van der Waals surface area contributed by atoms with Crippen molar-refractivity contribution in [2.45, 2.75) is 6.61 Å². The van der Waals surface area contributed by atoms with Crippen LogP contribution in [0.5, 0.6) is 0 Å². The second-order valence-electron chi connectivity index (χ2n) is 4.04. The Morgan fingerprint density at radius 1 is 1.22 bits per heavy atom. The van der Waals surface area contributed by atoms with Crippen molar-refractivity contribution >= 4 is 27.0 Å². The first-order chi connectivity index (χ1) is 8.79. The first kappa shape index (κ1) is 11.4. The van der Waals surface area contributed by atoms with Crippen LogP contribution in [-0.2, 0) is 6.61 Å². The first-order valence-electron chi connectivity index (χ1n) is 5.61. The van der Waals surface area contributed by atoms with E-state index in [0.717, 1.165) is 26.8 Å². The zero-order valence-corrected chi connectivity index (χ0v) is 11.1. The van der Waals surface area contributed by atoms with E-state index in [1.807, 2.05) is 47.2 Å². The molecule has 0 amide bonds. The summed E-state index contributed by atoms with van der Waals surface area (Å²) in [7, 11) is 0. The fourth-order valence-corrected chi connectivity index (χ4v) is 2.42. The van der Waals surface area contributed by atoms with Crippen LogP contribution in [0, 0.1) is 0 Å². The molecular weight excluding hydrogens is 292 g/mol. The summed E-state index contributed by atoms with van der Waals surface area (Å²) in [6, 6.07) is 11.8. The molecule has 3 rings (SSSR count). The third kappa shape index (κ3) is 1.83. The lowest BCUT2D eigenvalue weighted by molar-refractivity contribution is 0.281. The fourth-order valence-electron chi connectivity index (χ4n) is 2.07. The molecule has 0 bridgehead atoms. The summed E-state index contributed by atoms with van der Waals surface area (Å²) >= 11 is 3.41. The van der Waals surface area contributed by atoms with Crippen molar-refractivity contribution in [3.8, 4) is 5.69 Å². The molecule has 0 aliphatic carbocycles. The molecule has 0 radical (unpaired) electrons. The Hall–Kier alpha value is -1.65. The normalized spacial score (nSPS) is 11.0. The predicted octanol–water partition coefficient (Wildman–Crippen LogP) is 3.28. The van der Waals surface area contributed by atoms with Crippen LogP contribution in [0.1, 0.15) is 5.56 Å². The third-order valence-electron chi connectivity index (χ3n) is 2.91. The highest BCUT2D eigenvalue weighted by Crippen LogP contribution is 2.23. The van der Waals surface area contributed by atoms with E-state index in [0.29, 0.717) is 0 Å². The van der Waals surface area contributed by atoms with E-state index in [1.165, 1.54) is 0 Å². The molecule has 1 aromatic carbocycles. The number of pyridine rings is 1. The average molecular weight is 303 g/mol. The zero-order valence-electron chi connectivity index (χ0n) is 9.55. The Balaban J connectivity index is 2.26. The van der Waals surface area contributed by atoms with Crippen LogP contribution in [0.2, 0.25) is 0 Å². The van der Waals surface area contributed by atoms with Gasteiger partial charge in [-0.2, -0.15) is 0 Å². The Morgan fingerprint density at radius 3 is 2.89 bits per heavy atom. The molecule has 4 heteroatoms. The van der Waals surface area contributed by atoms with E-state index in [9.17, 15) is 5.11 Å². The Kier molecular flexibility index (Phi) is 2.89. The lowest BCUT2D eigenvalue weighted by Gasteiger charge is -2.09. The van der Waals surface area contributed by atoms with Gasteiger partial charge >= 0.3 is 0 Å². The Bertz CT molecular complexity index is 706. The molecule has 18 heavy (non-hydrogen) atoms. The van der Waals surface area contributed by atoms with Crippen LogP contribution in [0.3, 0.4) is 0 Å². The van der Waals surface area contributed by atoms with Gasteiger partial charge in [0, 0.05) is 27.8 Å². The fraction of sp³-hybridized carbons (Fsp3) is 0.0714. The number of hydrogen-bond acceptors (Lipinski definition) is 2. The highest BCUT2D eigenvalue weighted by Gasteiger charge is 2.08. The third-order valence-corrected chi connectivity index (χ3v) is 3.35. The molecule has 0 saturated heterocycles. The number of benzene rings is 1. The predicted molar refractivity (Wildman–Crippen MR) is 74.7 cm³/mol. The lowest BCUT2D eigenvalue weighted by atomic mass is 10.2. The SMILES string of the molecule is OCc1ccccc1-n1ccc2cc(Br)cnc21. The van der Waals surface area contributed by atoms with Gasteiger partial charge in [-0.3, -0.25) is 0 Å². The molecule has 0 saturated carbocycles. The molecule has 3 nitrogen and oxygen atoms in total. The number of halogens is 1. The molecule has 90 valence electrons. The summed E-state index contributed by atoms with van der Waals surface area (Å²) in [5.74, 6) is 0. The van der Waals surface area contributed by atoms with Crippen LogP contribution in [0.25, 0.3) is 16.7 Å². The average Bonchev–Trinajstić information content (AvgIpc) is 2.81. The summed E-state index contributed by atoms with van der Waals surface area (Å²) in [4.78, 5) is 4.43. The van der Waals surface area contributed by atoms with Gasteiger partial charge in [0.25, 0.3) is 0 Å². The quantitative estimate of drug-likeness (QED) is 0.789. The van der Waals surface area contributed by atoms with Crippen LogP contribution >= 0.6 is 15.9 Å². The van der Waals surface area contributed by atoms with Crippen molar-refractivity contribution < 1.29 is 5.11 Å². The molecule has 2 aromatic heterocycles. The van der Waals surface area contributed by atoms with E-state index < -0.39 is 0 Å². The summed E-state index contributed by atoms with van der Waals surface area (Å²) < 4.78 is 2.95. The monoisotopic (exact) mass is 302 g/mol. The van der Waals surface area contributed by atoms with Gasteiger partial charge in [0.15, 0.2) is 0 Å². The van der Waals surface area contributed by atoms with Gasteiger partial charge in [-0.15, -0.1) is 0 Å². The minimum atomic E-state index is 0.0202. The van der Waals surface area contributed by atoms with Crippen molar-refractivity contribution in [1.82, 2.24) is 9.55 Å². The van der Waals surface area contributed by atoms with E-state index in [-0.39, 0.29) is 6.61 Å². The van der Waals surface area contributed by atoms with Crippen LogP contribution < -0.4 is 0 Å². The van der Waals surface area contributed by atoms with Crippen molar-refractivity contribution in [2.24, 2.45) is 0 Å². The van der Waals surface area contributed by atoms with Gasteiger partial charge in [0.1, 0.15) is 5.65 Å². The zero-order chi connectivity index (χ0) is 12.5. The number of aliphatic hydroxyl groups is 1. The molecule has 0 unspecified atom stereocenters. The summed E-state index contributed by atoms with van der Waals surface area (Å²) in [6.07, 6.45) is 3.75. The molecule has 3 aromatic rings. The van der Waals surface area contributed by atoms with Crippen molar-refractivity contribution in [3.05, 3.63) is 58.8 Å². The molecule has 0 aliphatic rings. The molecular formula is C14H11BrN2O. The number of aromatic nitrogens is 2. The van der Waals surface area contributed by atoms with Crippen molar-refractivity contribution in [1.29, 1.82) is 0 Å². The molecule has 1 N–H and O–H groups in total. The van der Waals surface area contributed by atoms with Gasteiger partial charge in [-0.05, 0) is 34.1 Å². The Morgan fingerprint density at radius 2 is 2.06 bits per heavy atom. The van der Waals surface area contributed by atoms with Crippen molar-refractivity contribution in [2.75, 3.05) is 0 Å². The standard InChI is InChI=1S/C14H11BrN2O/c15-12-7-10-5-6-17(14(10)16-8-12)13-4-2-1-3-11(13)9-18/h1-8,18H,9H2. The second kappa shape index (κ2) is 4.55. The summed E-state index contributed by atoms with van der Waals surface area (Å²) in [5, 5.41) is 10.5. The smallest absolute Gasteiger partial charge is 0.144 e. The molecule has 0 fully saturated rings.